The van der Waals surface area contributed by atoms with E-state index in [9.17, 15) is 4.79 Å². The Labute approximate surface area is 92.3 Å². The second kappa shape index (κ2) is 3.27. The molecule has 0 bridgehead atoms. The van der Waals surface area contributed by atoms with Crippen LogP contribution in [0.2, 0.25) is 0 Å². The molecule has 1 atom stereocenters. The van der Waals surface area contributed by atoms with Crippen LogP contribution in [0.1, 0.15) is 11.3 Å². The normalized spacial score (nSPS) is 18.6. The molecule has 0 saturated carbocycles. The van der Waals surface area contributed by atoms with Gasteiger partial charge >= 0.3 is 6.09 Å². The summed E-state index contributed by atoms with van der Waals surface area (Å²) in [6, 6.07) is 8.15. The minimum Gasteiger partial charge on any atom is -0.465 e. The Balaban J connectivity index is 1.96. The average Bonchev–Trinajstić information content (AvgIpc) is 2.73. The summed E-state index contributed by atoms with van der Waals surface area (Å²) in [7, 11) is 0. The van der Waals surface area contributed by atoms with Crippen molar-refractivity contribution in [3.8, 4) is 0 Å². The Morgan fingerprint density at radius 3 is 3.00 bits per heavy atom. The molecule has 0 saturated heterocycles. The molecule has 1 heterocycles. The Bertz CT molecular complexity index is 559. The van der Waals surface area contributed by atoms with Gasteiger partial charge in [-0.05, 0) is 18.1 Å². The van der Waals surface area contributed by atoms with Crippen molar-refractivity contribution in [1.29, 1.82) is 0 Å². The van der Waals surface area contributed by atoms with E-state index in [1.54, 1.807) is 0 Å². The zero-order valence-electron chi connectivity index (χ0n) is 8.66. The molecular weight excluding hydrogens is 204 g/mol. The molecule has 1 aliphatic rings. The van der Waals surface area contributed by atoms with E-state index in [4.69, 9.17) is 5.11 Å². The number of aromatic amines is 1. The second-order valence-electron chi connectivity index (χ2n) is 4.18. The van der Waals surface area contributed by atoms with Crippen molar-refractivity contribution >= 4 is 17.0 Å². The van der Waals surface area contributed by atoms with Crippen LogP contribution >= 0.6 is 0 Å². The van der Waals surface area contributed by atoms with Crippen LogP contribution in [0.3, 0.4) is 0 Å². The molecule has 1 aromatic carbocycles. The van der Waals surface area contributed by atoms with Crippen molar-refractivity contribution in [2.24, 2.45) is 0 Å². The molecule has 16 heavy (non-hydrogen) atoms. The molecule has 0 aliphatic heterocycles. The summed E-state index contributed by atoms with van der Waals surface area (Å²) in [5.41, 5.74) is 3.57. The van der Waals surface area contributed by atoms with E-state index in [0.29, 0.717) is 0 Å². The van der Waals surface area contributed by atoms with Gasteiger partial charge in [0.05, 0.1) is 0 Å². The number of aromatic nitrogens is 1. The summed E-state index contributed by atoms with van der Waals surface area (Å²) in [6.45, 7) is 0. The summed E-state index contributed by atoms with van der Waals surface area (Å²) < 4.78 is 0. The lowest BCUT2D eigenvalue weighted by Gasteiger charge is -2.08. The maximum atomic E-state index is 10.6. The molecule has 4 nitrogen and oxygen atoms in total. The highest BCUT2D eigenvalue weighted by atomic mass is 16.4. The van der Waals surface area contributed by atoms with E-state index < -0.39 is 6.09 Å². The predicted molar refractivity (Wildman–Crippen MR) is 60.7 cm³/mol. The lowest BCUT2D eigenvalue weighted by Crippen LogP contribution is -2.34. The zero-order chi connectivity index (χ0) is 11.1. The van der Waals surface area contributed by atoms with Gasteiger partial charge in [0, 0.05) is 29.1 Å². The fourth-order valence-electron chi connectivity index (χ4n) is 2.50. The summed E-state index contributed by atoms with van der Waals surface area (Å²) in [5, 5.41) is 12.4. The number of hydrogen-bond donors (Lipinski definition) is 3. The van der Waals surface area contributed by atoms with Crippen LogP contribution < -0.4 is 5.32 Å². The summed E-state index contributed by atoms with van der Waals surface area (Å²) in [6.07, 6.45) is 0.599. The molecule has 82 valence electrons. The van der Waals surface area contributed by atoms with E-state index in [-0.39, 0.29) is 6.04 Å². The highest BCUT2D eigenvalue weighted by molar-refractivity contribution is 5.85. The van der Waals surface area contributed by atoms with E-state index in [1.807, 2.05) is 18.2 Å². The number of rotatable bonds is 1. The largest absolute Gasteiger partial charge is 0.465 e. The number of hydrogen-bond acceptors (Lipinski definition) is 1. The molecule has 0 fully saturated rings. The lowest BCUT2D eigenvalue weighted by atomic mass is 10.1. The number of amides is 1. The predicted octanol–water partition coefficient (Wildman–Crippen LogP) is 1.90. The number of fused-ring (bicyclic) bond motifs is 3. The molecule has 4 heteroatoms. The third-order valence-electron chi connectivity index (χ3n) is 3.13. The van der Waals surface area contributed by atoms with Gasteiger partial charge in [-0.2, -0.15) is 0 Å². The maximum Gasteiger partial charge on any atom is 0.404 e. The molecule has 0 radical (unpaired) electrons. The smallest absolute Gasteiger partial charge is 0.404 e. The van der Waals surface area contributed by atoms with Crippen molar-refractivity contribution in [3.63, 3.8) is 0 Å². The Hall–Kier alpha value is -1.97. The summed E-state index contributed by atoms with van der Waals surface area (Å²) >= 11 is 0. The number of carbonyl (C=O) groups is 1. The van der Waals surface area contributed by atoms with Crippen molar-refractivity contribution in [2.45, 2.75) is 18.9 Å². The fraction of sp³-hybridized carbons (Fsp3) is 0.250. The first-order valence-corrected chi connectivity index (χ1v) is 5.32. The van der Waals surface area contributed by atoms with Gasteiger partial charge in [-0.15, -0.1) is 0 Å². The molecule has 1 unspecified atom stereocenters. The SMILES string of the molecule is O=C(O)NC1Cc2[nH]c3ccccc3c2C1. The molecule has 3 N–H and O–H groups in total. The van der Waals surface area contributed by atoms with Gasteiger partial charge in [0.25, 0.3) is 0 Å². The average molecular weight is 216 g/mol. The van der Waals surface area contributed by atoms with Gasteiger partial charge < -0.3 is 15.4 Å². The Kier molecular flexibility index (Phi) is 1.89. The van der Waals surface area contributed by atoms with Gasteiger partial charge in [0.1, 0.15) is 0 Å². The summed E-state index contributed by atoms with van der Waals surface area (Å²) in [4.78, 5) is 13.9. The van der Waals surface area contributed by atoms with Crippen LogP contribution in [-0.2, 0) is 12.8 Å². The highest BCUT2D eigenvalue weighted by Gasteiger charge is 2.26. The Morgan fingerprint density at radius 1 is 1.38 bits per heavy atom. The van der Waals surface area contributed by atoms with Crippen LogP contribution in [0.4, 0.5) is 4.79 Å². The van der Waals surface area contributed by atoms with Gasteiger partial charge in [-0.1, -0.05) is 18.2 Å². The van der Waals surface area contributed by atoms with E-state index >= 15 is 0 Å². The van der Waals surface area contributed by atoms with E-state index in [2.05, 4.69) is 16.4 Å². The van der Waals surface area contributed by atoms with E-state index in [0.717, 1.165) is 18.4 Å². The molecule has 1 aromatic heterocycles. The number of H-pyrrole nitrogens is 1. The monoisotopic (exact) mass is 216 g/mol. The molecule has 0 spiro atoms. The highest BCUT2D eigenvalue weighted by Crippen LogP contribution is 2.29. The molecule has 1 aliphatic carbocycles. The first-order valence-electron chi connectivity index (χ1n) is 5.32. The first-order chi connectivity index (χ1) is 7.74. The minimum atomic E-state index is -0.945. The first kappa shape index (κ1) is 9.27. The molecule has 1 amide bonds. The summed E-state index contributed by atoms with van der Waals surface area (Å²) in [5.74, 6) is 0. The third-order valence-corrected chi connectivity index (χ3v) is 3.13. The quantitative estimate of drug-likeness (QED) is 0.681. The fourth-order valence-corrected chi connectivity index (χ4v) is 2.50. The van der Waals surface area contributed by atoms with Gasteiger partial charge in [-0.3, -0.25) is 0 Å². The second-order valence-corrected chi connectivity index (χ2v) is 4.18. The molecule has 3 rings (SSSR count). The topological polar surface area (TPSA) is 65.1 Å². The molecule has 2 aromatic rings. The van der Waals surface area contributed by atoms with Crippen molar-refractivity contribution in [3.05, 3.63) is 35.5 Å². The number of benzene rings is 1. The zero-order valence-corrected chi connectivity index (χ0v) is 8.66. The van der Waals surface area contributed by atoms with E-state index in [1.165, 1.54) is 16.6 Å². The number of nitrogens with one attached hydrogen (secondary N) is 2. The van der Waals surface area contributed by atoms with Crippen LogP contribution in [-0.4, -0.2) is 22.2 Å². The number of para-hydroxylation sites is 1. The van der Waals surface area contributed by atoms with Crippen LogP contribution in [0.5, 0.6) is 0 Å². The van der Waals surface area contributed by atoms with Gasteiger partial charge in [0.2, 0.25) is 0 Å². The maximum absolute atomic E-state index is 10.6. The van der Waals surface area contributed by atoms with Crippen LogP contribution in [0.15, 0.2) is 24.3 Å². The Morgan fingerprint density at radius 2 is 2.19 bits per heavy atom. The molecular formula is C12H12N2O2. The van der Waals surface area contributed by atoms with Crippen molar-refractivity contribution in [1.82, 2.24) is 10.3 Å². The van der Waals surface area contributed by atoms with Crippen LogP contribution in [0, 0.1) is 0 Å². The minimum absolute atomic E-state index is 0.0170. The number of carboxylic acid groups (broad SMARTS) is 1. The van der Waals surface area contributed by atoms with Crippen LogP contribution in [0.25, 0.3) is 10.9 Å². The standard InChI is InChI=1S/C12H12N2O2/c15-12(16)13-7-5-9-8-3-1-2-4-10(8)14-11(9)6-7/h1-4,7,13-14H,5-6H2,(H,15,16). The van der Waals surface area contributed by atoms with Crippen molar-refractivity contribution in [2.75, 3.05) is 0 Å². The van der Waals surface area contributed by atoms with Gasteiger partial charge in [0.15, 0.2) is 0 Å². The lowest BCUT2D eigenvalue weighted by molar-refractivity contribution is 0.190. The van der Waals surface area contributed by atoms with Gasteiger partial charge in [-0.25, -0.2) is 4.79 Å². The van der Waals surface area contributed by atoms with Crippen molar-refractivity contribution < 1.29 is 9.90 Å². The third kappa shape index (κ3) is 1.34.